The quantitative estimate of drug-likeness (QED) is 0.739. The Morgan fingerprint density at radius 1 is 1.39 bits per heavy atom. The van der Waals surface area contributed by atoms with E-state index < -0.39 is 16.9 Å². The van der Waals surface area contributed by atoms with Gasteiger partial charge in [-0.2, -0.15) is 0 Å². The molecule has 0 amide bonds. The molecule has 5 heteroatoms. The summed E-state index contributed by atoms with van der Waals surface area (Å²) in [5.41, 5.74) is 0. The fraction of sp³-hybridized carbons (Fsp3) is 0.538. The van der Waals surface area contributed by atoms with Gasteiger partial charge in [0.1, 0.15) is 5.82 Å². The molecular weight excluding hydrogens is 255 g/mol. The van der Waals surface area contributed by atoms with Gasteiger partial charge in [-0.3, -0.25) is 4.21 Å². The smallest absolute Gasteiger partial charge is 0.123 e. The van der Waals surface area contributed by atoms with Gasteiger partial charge in [0.2, 0.25) is 0 Å². The summed E-state index contributed by atoms with van der Waals surface area (Å²) in [5.74, 6) is -0.253. The molecule has 0 spiro atoms. The van der Waals surface area contributed by atoms with Crippen LogP contribution < -0.4 is 0 Å². The average Bonchev–Trinajstić information content (AvgIpc) is 2.35. The molecule has 0 aliphatic heterocycles. The first-order chi connectivity index (χ1) is 8.63. The second-order valence-corrected chi connectivity index (χ2v) is 5.54. The van der Waals surface area contributed by atoms with Crippen LogP contribution >= 0.6 is 0 Å². The van der Waals surface area contributed by atoms with E-state index >= 15 is 0 Å². The van der Waals surface area contributed by atoms with Gasteiger partial charge in [0.25, 0.3) is 0 Å². The molecule has 2 unspecified atom stereocenters. The highest BCUT2D eigenvalue weighted by Crippen LogP contribution is 2.09. The summed E-state index contributed by atoms with van der Waals surface area (Å²) < 4.78 is 29.8. The first-order valence-electron chi connectivity index (χ1n) is 6.03. The zero-order chi connectivity index (χ0) is 13.4. The third-order valence-electron chi connectivity index (χ3n) is 2.37. The summed E-state index contributed by atoms with van der Waals surface area (Å²) >= 11 is 0. The van der Waals surface area contributed by atoms with E-state index in [9.17, 15) is 13.7 Å². The number of halogens is 1. The molecule has 18 heavy (non-hydrogen) atoms. The van der Waals surface area contributed by atoms with Crippen molar-refractivity contribution in [2.45, 2.75) is 30.8 Å². The SMILES string of the molecule is CCCCOCC(O)CS(=O)c1ccc(F)cc1. The Hall–Kier alpha value is -0.780. The predicted octanol–water partition coefficient (Wildman–Crippen LogP) is 2.11. The van der Waals surface area contributed by atoms with Crippen molar-refractivity contribution < 1.29 is 18.4 Å². The molecule has 0 radical (unpaired) electrons. The number of benzene rings is 1. The molecule has 0 aliphatic carbocycles. The normalized spacial score (nSPS) is 14.4. The molecule has 1 N–H and O–H groups in total. The van der Waals surface area contributed by atoms with Crippen molar-refractivity contribution in [1.29, 1.82) is 0 Å². The molecule has 0 heterocycles. The van der Waals surface area contributed by atoms with Gasteiger partial charge in [-0.05, 0) is 30.7 Å². The molecule has 1 aromatic carbocycles. The maximum Gasteiger partial charge on any atom is 0.123 e. The molecule has 1 rings (SSSR count). The van der Waals surface area contributed by atoms with Crippen molar-refractivity contribution in [2.75, 3.05) is 19.0 Å². The van der Waals surface area contributed by atoms with Crippen LogP contribution in [0.15, 0.2) is 29.2 Å². The van der Waals surface area contributed by atoms with Crippen LogP contribution in [0.3, 0.4) is 0 Å². The Morgan fingerprint density at radius 3 is 2.67 bits per heavy atom. The van der Waals surface area contributed by atoms with Crippen LogP contribution in [0.25, 0.3) is 0 Å². The standard InChI is InChI=1S/C13H19FO3S/c1-2-3-8-17-9-12(15)10-18(16)13-6-4-11(14)5-7-13/h4-7,12,15H,2-3,8-10H2,1H3. The van der Waals surface area contributed by atoms with Crippen molar-refractivity contribution >= 4 is 10.8 Å². The van der Waals surface area contributed by atoms with Gasteiger partial charge < -0.3 is 9.84 Å². The van der Waals surface area contributed by atoms with Gasteiger partial charge in [0, 0.05) is 11.5 Å². The van der Waals surface area contributed by atoms with Gasteiger partial charge in [-0.1, -0.05) is 13.3 Å². The number of aliphatic hydroxyl groups is 1. The number of unbranched alkanes of at least 4 members (excludes halogenated alkanes) is 1. The first kappa shape index (κ1) is 15.3. The molecule has 102 valence electrons. The molecule has 3 nitrogen and oxygen atoms in total. The molecule has 0 bridgehead atoms. The van der Waals surface area contributed by atoms with E-state index in [2.05, 4.69) is 6.92 Å². The van der Waals surface area contributed by atoms with Gasteiger partial charge >= 0.3 is 0 Å². The van der Waals surface area contributed by atoms with E-state index in [0.29, 0.717) is 11.5 Å². The average molecular weight is 274 g/mol. The van der Waals surface area contributed by atoms with Gasteiger partial charge in [-0.15, -0.1) is 0 Å². The highest BCUT2D eigenvalue weighted by molar-refractivity contribution is 7.85. The van der Waals surface area contributed by atoms with Crippen LogP contribution in [0.2, 0.25) is 0 Å². The van der Waals surface area contributed by atoms with E-state index in [0.717, 1.165) is 12.8 Å². The Balaban J connectivity index is 2.33. The Kier molecular flexibility index (Phi) is 7.08. The molecule has 0 aliphatic rings. The molecule has 0 fully saturated rings. The van der Waals surface area contributed by atoms with E-state index in [-0.39, 0.29) is 18.2 Å². The van der Waals surface area contributed by atoms with Crippen molar-refractivity contribution in [2.24, 2.45) is 0 Å². The Labute approximate surface area is 109 Å². The van der Waals surface area contributed by atoms with E-state index in [4.69, 9.17) is 4.74 Å². The highest BCUT2D eigenvalue weighted by atomic mass is 32.2. The minimum Gasteiger partial charge on any atom is -0.390 e. The zero-order valence-corrected chi connectivity index (χ0v) is 11.3. The van der Waals surface area contributed by atoms with Gasteiger partial charge in [0.05, 0.1) is 29.3 Å². The fourth-order valence-corrected chi connectivity index (χ4v) is 2.45. The maximum atomic E-state index is 12.7. The lowest BCUT2D eigenvalue weighted by molar-refractivity contribution is 0.0469. The first-order valence-corrected chi connectivity index (χ1v) is 7.35. The number of rotatable bonds is 8. The van der Waals surface area contributed by atoms with E-state index in [1.165, 1.54) is 24.3 Å². The van der Waals surface area contributed by atoms with Crippen LogP contribution in [-0.2, 0) is 15.5 Å². The molecular formula is C13H19FO3S. The number of aliphatic hydroxyl groups excluding tert-OH is 1. The van der Waals surface area contributed by atoms with Crippen molar-refractivity contribution in [3.8, 4) is 0 Å². The zero-order valence-electron chi connectivity index (χ0n) is 10.5. The second kappa shape index (κ2) is 8.34. The summed E-state index contributed by atoms with van der Waals surface area (Å²) in [4.78, 5) is 0.518. The number of ether oxygens (including phenoxy) is 1. The minimum absolute atomic E-state index is 0.109. The number of hydrogen-bond acceptors (Lipinski definition) is 3. The fourth-order valence-electron chi connectivity index (χ4n) is 1.37. The summed E-state index contributed by atoms with van der Waals surface area (Å²) in [6.45, 7) is 2.85. The minimum atomic E-state index is -1.33. The monoisotopic (exact) mass is 274 g/mol. The predicted molar refractivity (Wildman–Crippen MR) is 69.4 cm³/mol. The summed E-state index contributed by atoms with van der Waals surface area (Å²) in [6, 6.07) is 5.46. The molecule has 0 saturated carbocycles. The third kappa shape index (κ3) is 5.71. The number of hydrogen-bond donors (Lipinski definition) is 1. The van der Waals surface area contributed by atoms with Crippen LogP contribution in [0, 0.1) is 5.82 Å². The molecule has 1 aromatic rings. The van der Waals surface area contributed by atoms with E-state index in [1.807, 2.05) is 0 Å². The second-order valence-electron chi connectivity index (χ2n) is 4.05. The van der Waals surface area contributed by atoms with Crippen LogP contribution in [-0.4, -0.2) is 34.4 Å². The van der Waals surface area contributed by atoms with Crippen LogP contribution in [0.4, 0.5) is 4.39 Å². The van der Waals surface area contributed by atoms with Crippen molar-refractivity contribution in [3.05, 3.63) is 30.1 Å². The van der Waals surface area contributed by atoms with E-state index in [1.54, 1.807) is 0 Å². The molecule has 0 saturated heterocycles. The molecule has 0 aromatic heterocycles. The van der Waals surface area contributed by atoms with Crippen molar-refractivity contribution in [1.82, 2.24) is 0 Å². The maximum absolute atomic E-state index is 12.7. The highest BCUT2D eigenvalue weighted by Gasteiger charge is 2.11. The third-order valence-corrected chi connectivity index (χ3v) is 3.86. The Bertz CT molecular complexity index is 367. The summed E-state index contributed by atoms with van der Waals surface area (Å²) in [6.07, 6.45) is 1.23. The topological polar surface area (TPSA) is 46.5 Å². The Morgan fingerprint density at radius 2 is 2.06 bits per heavy atom. The summed E-state index contributed by atoms with van der Waals surface area (Å²) in [5, 5.41) is 9.64. The molecule has 2 atom stereocenters. The van der Waals surface area contributed by atoms with Crippen LogP contribution in [0.1, 0.15) is 19.8 Å². The van der Waals surface area contributed by atoms with Crippen LogP contribution in [0.5, 0.6) is 0 Å². The lowest BCUT2D eigenvalue weighted by Crippen LogP contribution is -2.23. The lowest BCUT2D eigenvalue weighted by atomic mass is 10.3. The lowest BCUT2D eigenvalue weighted by Gasteiger charge is -2.10. The van der Waals surface area contributed by atoms with Crippen molar-refractivity contribution in [3.63, 3.8) is 0 Å². The van der Waals surface area contributed by atoms with Gasteiger partial charge in [0.15, 0.2) is 0 Å². The van der Waals surface area contributed by atoms with Gasteiger partial charge in [-0.25, -0.2) is 4.39 Å². The summed E-state index contributed by atoms with van der Waals surface area (Å²) in [7, 11) is -1.33. The largest absolute Gasteiger partial charge is 0.390 e.